The second-order valence-corrected chi connectivity index (χ2v) is 6.04. The van der Waals surface area contributed by atoms with Crippen LogP contribution in [0.5, 0.6) is 0 Å². The third kappa shape index (κ3) is 2.47. The molecule has 86 valence electrons. The molecule has 1 fully saturated rings. The largest absolute Gasteiger partial charge is 0.480 e. The van der Waals surface area contributed by atoms with Crippen LogP contribution in [-0.2, 0) is 19.4 Å². The molecule has 1 amide bonds. The molecule has 1 aliphatic rings. The lowest BCUT2D eigenvalue weighted by molar-refractivity contribution is -0.147. The summed E-state index contributed by atoms with van der Waals surface area (Å²) in [6, 6.07) is -1.01. The molecule has 0 radical (unpaired) electrons. The van der Waals surface area contributed by atoms with Crippen LogP contribution in [0, 0.1) is 0 Å². The topological polar surface area (TPSA) is 91.8 Å². The molecule has 0 aromatic heterocycles. The Morgan fingerprint density at radius 3 is 2.20 bits per heavy atom. The molecule has 1 N–H and O–H groups in total. The zero-order valence-electron chi connectivity index (χ0n) is 8.50. The molecule has 0 unspecified atom stereocenters. The molecule has 0 saturated carbocycles. The maximum absolute atomic E-state index is 11.2. The Morgan fingerprint density at radius 1 is 1.40 bits per heavy atom. The summed E-state index contributed by atoms with van der Waals surface area (Å²) >= 11 is 0. The molecule has 0 spiro atoms. The Bertz CT molecular complexity index is 366. The van der Waals surface area contributed by atoms with Crippen LogP contribution in [0.2, 0.25) is 0 Å². The van der Waals surface area contributed by atoms with Crippen molar-refractivity contribution in [1.29, 1.82) is 0 Å². The number of aliphatic carboxylic acids is 1. The van der Waals surface area contributed by atoms with Gasteiger partial charge in [-0.25, -0.2) is 13.2 Å². The Hall–Kier alpha value is -1.11. The standard InChI is InChI=1S/C8H13NO5S/c1-5(10)9-4-6(15(2,13)14)3-7(9)8(11)12/h6-7H,3-4H2,1-2H3,(H,11,12)/t6-,7+/m0/s1. The van der Waals surface area contributed by atoms with Crippen molar-refractivity contribution in [2.24, 2.45) is 0 Å². The quantitative estimate of drug-likeness (QED) is 0.670. The first-order valence-corrected chi connectivity index (χ1v) is 6.38. The number of hydrogen-bond donors (Lipinski definition) is 1. The molecule has 0 aromatic rings. The van der Waals surface area contributed by atoms with Crippen molar-refractivity contribution in [1.82, 2.24) is 4.90 Å². The fraction of sp³-hybridized carbons (Fsp3) is 0.750. The average Bonchev–Trinajstić information content (AvgIpc) is 2.45. The molecule has 1 rings (SSSR count). The third-order valence-electron chi connectivity index (χ3n) is 2.56. The van der Waals surface area contributed by atoms with E-state index in [0.29, 0.717) is 0 Å². The normalized spacial score (nSPS) is 26.7. The molecule has 7 heteroatoms. The molecule has 1 saturated heterocycles. The molecule has 15 heavy (non-hydrogen) atoms. The van der Waals surface area contributed by atoms with Crippen molar-refractivity contribution >= 4 is 21.7 Å². The second kappa shape index (κ2) is 3.80. The van der Waals surface area contributed by atoms with Crippen LogP contribution in [0.25, 0.3) is 0 Å². The molecule has 1 aliphatic heterocycles. The van der Waals surface area contributed by atoms with Gasteiger partial charge in [0.15, 0.2) is 9.84 Å². The van der Waals surface area contributed by atoms with Crippen LogP contribution in [0.3, 0.4) is 0 Å². The van der Waals surface area contributed by atoms with E-state index in [1.165, 1.54) is 6.92 Å². The number of hydrogen-bond acceptors (Lipinski definition) is 4. The van der Waals surface area contributed by atoms with E-state index in [-0.39, 0.29) is 13.0 Å². The van der Waals surface area contributed by atoms with Gasteiger partial charge in [-0.15, -0.1) is 0 Å². The van der Waals surface area contributed by atoms with Crippen molar-refractivity contribution in [2.45, 2.75) is 24.6 Å². The highest BCUT2D eigenvalue weighted by Gasteiger charge is 2.42. The number of sulfone groups is 1. The predicted molar refractivity (Wildman–Crippen MR) is 52.1 cm³/mol. The number of rotatable bonds is 2. The van der Waals surface area contributed by atoms with Crippen LogP contribution in [0.1, 0.15) is 13.3 Å². The van der Waals surface area contributed by atoms with Gasteiger partial charge in [0.05, 0.1) is 5.25 Å². The van der Waals surface area contributed by atoms with Crippen molar-refractivity contribution < 1.29 is 23.1 Å². The summed E-state index contributed by atoms with van der Waals surface area (Å²) in [5.74, 6) is -1.56. The average molecular weight is 235 g/mol. The minimum Gasteiger partial charge on any atom is -0.480 e. The van der Waals surface area contributed by atoms with Crippen LogP contribution in [-0.4, -0.2) is 54.4 Å². The van der Waals surface area contributed by atoms with E-state index in [2.05, 4.69) is 0 Å². The van der Waals surface area contributed by atoms with Gasteiger partial charge in [-0.3, -0.25) is 4.79 Å². The van der Waals surface area contributed by atoms with E-state index in [1.807, 2.05) is 0 Å². The predicted octanol–water partition coefficient (Wildman–Crippen LogP) is -0.895. The van der Waals surface area contributed by atoms with Crippen LogP contribution in [0.15, 0.2) is 0 Å². The molecule has 6 nitrogen and oxygen atoms in total. The van der Waals surface area contributed by atoms with Gasteiger partial charge in [0, 0.05) is 19.7 Å². The summed E-state index contributed by atoms with van der Waals surface area (Å²) in [6.45, 7) is 1.21. The number of carbonyl (C=O) groups is 2. The van der Waals surface area contributed by atoms with Crippen molar-refractivity contribution in [2.75, 3.05) is 12.8 Å². The number of carbonyl (C=O) groups excluding carboxylic acids is 1. The van der Waals surface area contributed by atoms with Crippen molar-refractivity contribution in [3.63, 3.8) is 0 Å². The van der Waals surface area contributed by atoms with Gasteiger partial charge in [0.2, 0.25) is 5.91 Å². The first-order valence-electron chi connectivity index (χ1n) is 4.42. The van der Waals surface area contributed by atoms with Crippen molar-refractivity contribution in [3.05, 3.63) is 0 Å². The SMILES string of the molecule is CC(=O)N1C[C@@H](S(C)(=O)=O)C[C@@H]1C(=O)O. The van der Waals surface area contributed by atoms with Crippen molar-refractivity contribution in [3.8, 4) is 0 Å². The number of carboxylic acid groups (broad SMARTS) is 1. The van der Waals surface area contributed by atoms with E-state index in [9.17, 15) is 18.0 Å². The third-order valence-corrected chi connectivity index (χ3v) is 4.11. The Morgan fingerprint density at radius 2 is 1.93 bits per heavy atom. The van der Waals surface area contributed by atoms with Gasteiger partial charge in [0.25, 0.3) is 0 Å². The van der Waals surface area contributed by atoms with Crippen LogP contribution in [0.4, 0.5) is 0 Å². The smallest absolute Gasteiger partial charge is 0.326 e. The van der Waals surface area contributed by atoms with Gasteiger partial charge in [0.1, 0.15) is 6.04 Å². The maximum atomic E-state index is 11.2. The monoisotopic (exact) mass is 235 g/mol. The number of likely N-dealkylation sites (tertiary alicyclic amines) is 1. The summed E-state index contributed by atoms with van der Waals surface area (Å²) in [4.78, 5) is 23.0. The molecule has 2 atom stereocenters. The van der Waals surface area contributed by atoms with Crippen LogP contribution >= 0.6 is 0 Å². The summed E-state index contributed by atoms with van der Waals surface area (Å²) in [5, 5.41) is 8.07. The Labute approximate surface area is 87.8 Å². The fourth-order valence-corrected chi connectivity index (χ4v) is 2.65. The lowest BCUT2D eigenvalue weighted by Crippen LogP contribution is -2.39. The number of amides is 1. The van der Waals surface area contributed by atoms with E-state index in [1.54, 1.807) is 0 Å². The molecule has 1 heterocycles. The van der Waals surface area contributed by atoms with E-state index < -0.39 is 33.0 Å². The van der Waals surface area contributed by atoms with E-state index in [0.717, 1.165) is 11.2 Å². The van der Waals surface area contributed by atoms with Gasteiger partial charge in [-0.2, -0.15) is 0 Å². The van der Waals surface area contributed by atoms with Crippen LogP contribution < -0.4 is 0 Å². The summed E-state index contributed by atoms with van der Waals surface area (Å²) < 4.78 is 22.5. The zero-order chi connectivity index (χ0) is 11.8. The summed E-state index contributed by atoms with van der Waals surface area (Å²) in [6.07, 6.45) is 1.04. The highest BCUT2D eigenvalue weighted by atomic mass is 32.2. The van der Waals surface area contributed by atoms with Gasteiger partial charge in [-0.1, -0.05) is 0 Å². The molecule has 0 aromatic carbocycles. The Balaban J connectivity index is 2.93. The number of nitrogens with zero attached hydrogens (tertiary/aromatic N) is 1. The fourth-order valence-electron chi connectivity index (χ4n) is 1.69. The van der Waals surface area contributed by atoms with Gasteiger partial charge < -0.3 is 10.0 Å². The maximum Gasteiger partial charge on any atom is 0.326 e. The summed E-state index contributed by atoms with van der Waals surface area (Å²) in [7, 11) is -3.29. The minimum absolute atomic E-state index is 0.0201. The van der Waals surface area contributed by atoms with E-state index in [4.69, 9.17) is 5.11 Å². The number of carboxylic acids is 1. The molecular formula is C8H13NO5S. The Kier molecular flexibility index (Phi) is 3.03. The van der Waals surface area contributed by atoms with E-state index >= 15 is 0 Å². The minimum atomic E-state index is -3.29. The lowest BCUT2D eigenvalue weighted by Gasteiger charge is -2.18. The first-order chi connectivity index (χ1) is 6.73. The highest BCUT2D eigenvalue weighted by Crippen LogP contribution is 2.23. The van der Waals surface area contributed by atoms with Gasteiger partial charge in [-0.05, 0) is 6.42 Å². The molecule has 0 bridgehead atoms. The molecular weight excluding hydrogens is 222 g/mol. The zero-order valence-corrected chi connectivity index (χ0v) is 9.32. The second-order valence-electron chi connectivity index (χ2n) is 3.71. The first kappa shape index (κ1) is 12.0. The highest BCUT2D eigenvalue weighted by molar-refractivity contribution is 7.91. The summed E-state index contributed by atoms with van der Waals surface area (Å²) in [5.41, 5.74) is 0. The molecule has 0 aliphatic carbocycles. The van der Waals surface area contributed by atoms with Gasteiger partial charge >= 0.3 is 5.97 Å². The lowest BCUT2D eigenvalue weighted by atomic mass is 10.2.